The molecule has 1 saturated carbocycles. The van der Waals surface area contributed by atoms with E-state index < -0.39 is 5.60 Å². The van der Waals surface area contributed by atoms with E-state index >= 15 is 0 Å². The molecule has 0 bridgehead atoms. The van der Waals surface area contributed by atoms with Gasteiger partial charge in [-0.1, -0.05) is 12.8 Å². The summed E-state index contributed by atoms with van der Waals surface area (Å²) in [5.74, 6) is -0.374. The normalized spacial score (nSPS) is 17.4. The number of hydrogen-bond donors (Lipinski definition) is 1. The van der Waals surface area contributed by atoms with E-state index in [1.165, 1.54) is 20.0 Å². The van der Waals surface area contributed by atoms with Crippen LogP contribution in [0.15, 0.2) is 12.1 Å². The molecule has 1 aromatic rings. The van der Waals surface area contributed by atoms with Crippen molar-refractivity contribution >= 4 is 23.4 Å². The first-order valence-electron chi connectivity index (χ1n) is 11.6. The molecule has 1 aliphatic carbocycles. The summed E-state index contributed by atoms with van der Waals surface area (Å²) in [6.45, 7) is 8.33. The number of anilines is 2. The van der Waals surface area contributed by atoms with Gasteiger partial charge in [0.2, 0.25) is 0 Å². The average Bonchev–Trinajstić information content (AvgIpc) is 3.31. The third kappa shape index (κ3) is 5.46. The highest BCUT2D eigenvalue weighted by molar-refractivity contribution is 5.94. The van der Waals surface area contributed by atoms with Crippen LogP contribution in [0.4, 0.5) is 16.2 Å². The highest BCUT2D eigenvalue weighted by Gasteiger charge is 2.29. The number of hydrogen-bond acceptors (Lipinski definition) is 7. The van der Waals surface area contributed by atoms with Gasteiger partial charge in [0.05, 0.1) is 12.7 Å². The molecule has 0 unspecified atom stereocenters. The molecule has 2 fully saturated rings. The predicted molar refractivity (Wildman–Crippen MR) is 126 cm³/mol. The van der Waals surface area contributed by atoms with Gasteiger partial charge in [-0.15, -0.1) is 0 Å². The van der Waals surface area contributed by atoms with Crippen LogP contribution in [0.3, 0.4) is 0 Å². The molecule has 0 atom stereocenters. The molecule has 1 amide bonds. The molecule has 178 valence electrons. The summed E-state index contributed by atoms with van der Waals surface area (Å²) in [6.07, 6.45) is 4.46. The molecular formula is C24H38N4O4. The second kappa shape index (κ2) is 9.98. The van der Waals surface area contributed by atoms with Crippen LogP contribution in [0.25, 0.3) is 0 Å². The van der Waals surface area contributed by atoms with Gasteiger partial charge in [0.15, 0.2) is 0 Å². The summed E-state index contributed by atoms with van der Waals surface area (Å²) in [7, 11) is 3.49. The lowest BCUT2D eigenvalue weighted by Crippen LogP contribution is -2.50. The standard InChI is InChI=1S/C24H38N4O4/c1-24(2,3)32-23(30)28-12-10-27(11-13-28)18-14-19(22(29)31-5)20(16-25)21(15-18)26(4)17-8-6-7-9-17/h14-15,17H,6-13,16,25H2,1-5H3. The van der Waals surface area contributed by atoms with E-state index in [1.54, 1.807) is 4.90 Å². The zero-order valence-corrected chi connectivity index (χ0v) is 20.1. The maximum atomic E-state index is 12.6. The second-order valence-corrected chi connectivity index (χ2v) is 9.69. The van der Waals surface area contributed by atoms with Gasteiger partial charge in [-0.3, -0.25) is 0 Å². The van der Waals surface area contributed by atoms with Crippen molar-refractivity contribution < 1.29 is 19.1 Å². The number of carbonyl (C=O) groups excluding carboxylic acids is 2. The van der Waals surface area contributed by atoms with Crippen LogP contribution in [0.1, 0.15) is 62.4 Å². The van der Waals surface area contributed by atoms with Gasteiger partial charge in [-0.25, -0.2) is 9.59 Å². The maximum Gasteiger partial charge on any atom is 0.410 e. The fourth-order valence-electron chi connectivity index (χ4n) is 4.61. The Hall–Kier alpha value is -2.48. The zero-order chi connectivity index (χ0) is 23.5. The predicted octanol–water partition coefficient (Wildman–Crippen LogP) is 3.37. The first-order chi connectivity index (χ1) is 15.1. The van der Waals surface area contributed by atoms with Crippen LogP contribution in [-0.4, -0.2) is 68.9 Å². The first-order valence-corrected chi connectivity index (χ1v) is 11.6. The smallest absolute Gasteiger partial charge is 0.410 e. The molecule has 32 heavy (non-hydrogen) atoms. The Morgan fingerprint density at radius 1 is 1.12 bits per heavy atom. The fourth-order valence-corrected chi connectivity index (χ4v) is 4.61. The summed E-state index contributed by atoms with van der Waals surface area (Å²) >= 11 is 0. The van der Waals surface area contributed by atoms with E-state index in [-0.39, 0.29) is 18.6 Å². The van der Waals surface area contributed by atoms with E-state index in [0.29, 0.717) is 37.8 Å². The first kappa shape index (κ1) is 24.2. The number of ether oxygens (including phenoxy) is 2. The van der Waals surface area contributed by atoms with Crippen molar-refractivity contribution in [3.8, 4) is 0 Å². The lowest BCUT2D eigenvalue weighted by atomic mass is 10.0. The number of amides is 1. The Morgan fingerprint density at radius 2 is 1.75 bits per heavy atom. The minimum Gasteiger partial charge on any atom is -0.465 e. The van der Waals surface area contributed by atoms with Gasteiger partial charge in [-0.05, 0) is 45.7 Å². The number of nitrogens with zero attached hydrogens (tertiary/aromatic N) is 3. The number of piperazine rings is 1. The van der Waals surface area contributed by atoms with Crippen LogP contribution in [0.2, 0.25) is 0 Å². The molecule has 1 saturated heterocycles. The highest BCUT2D eigenvalue weighted by Crippen LogP contribution is 2.35. The Morgan fingerprint density at radius 3 is 2.28 bits per heavy atom. The zero-order valence-electron chi connectivity index (χ0n) is 20.1. The van der Waals surface area contributed by atoms with E-state index in [9.17, 15) is 9.59 Å². The van der Waals surface area contributed by atoms with Crippen molar-refractivity contribution in [2.75, 3.05) is 50.1 Å². The Balaban J connectivity index is 1.85. The van der Waals surface area contributed by atoms with E-state index in [4.69, 9.17) is 15.2 Å². The molecule has 2 N–H and O–H groups in total. The van der Waals surface area contributed by atoms with E-state index in [0.717, 1.165) is 29.8 Å². The highest BCUT2D eigenvalue weighted by atomic mass is 16.6. The average molecular weight is 447 g/mol. The lowest BCUT2D eigenvalue weighted by Gasteiger charge is -2.38. The van der Waals surface area contributed by atoms with Crippen LogP contribution < -0.4 is 15.5 Å². The molecule has 0 aromatic heterocycles. The fraction of sp³-hybridized carbons (Fsp3) is 0.667. The van der Waals surface area contributed by atoms with Gasteiger partial charge in [0, 0.05) is 62.8 Å². The number of carbonyl (C=O) groups is 2. The van der Waals surface area contributed by atoms with Crippen molar-refractivity contribution in [3.63, 3.8) is 0 Å². The molecule has 1 aliphatic heterocycles. The topological polar surface area (TPSA) is 88.3 Å². The maximum absolute atomic E-state index is 12.6. The van der Waals surface area contributed by atoms with Crippen LogP contribution in [0, 0.1) is 0 Å². The minimum absolute atomic E-state index is 0.267. The van der Waals surface area contributed by atoms with Crippen molar-refractivity contribution in [1.82, 2.24) is 4.90 Å². The van der Waals surface area contributed by atoms with Gasteiger partial charge < -0.3 is 29.9 Å². The largest absolute Gasteiger partial charge is 0.465 e. The third-order valence-corrected chi connectivity index (χ3v) is 6.37. The summed E-state index contributed by atoms with van der Waals surface area (Å²) in [5.41, 5.74) is 8.87. The van der Waals surface area contributed by atoms with Crippen molar-refractivity contribution in [2.24, 2.45) is 5.73 Å². The van der Waals surface area contributed by atoms with Gasteiger partial charge in [0.25, 0.3) is 0 Å². The summed E-state index contributed by atoms with van der Waals surface area (Å²) < 4.78 is 10.6. The molecule has 0 radical (unpaired) electrons. The van der Waals surface area contributed by atoms with Crippen LogP contribution in [0.5, 0.6) is 0 Å². The third-order valence-electron chi connectivity index (χ3n) is 6.37. The molecule has 1 aromatic carbocycles. The summed E-state index contributed by atoms with van der Waals surface area (Å²) in [4.78, 5) is 31.3. The number of esters is 1. The molecule has 0 spiro atoms. The lowest BCUT2D eigenvalue weighted by molar-refractivity contribution is 0.0240. The molecule has 1 heterocycles. The molecular weight excluding hydrogens is 408 g/mol. The molecule has 8 heteroatoms. The van der Waals surface area contributed by atoms with Gasteiger partial charge in [0.1, 0.15) is 5.60 Å². The Kier molecular flexibility index (Phi) is 7.54. The number of nitrogens with two attached hydrogens (primary N) is 1. The summed E-state index contributed by atoms with van der Waals surface area (Å²) in [6, 6.07) is 4.46. The Bertz CT molecular complexity index is 822. The van der Waals surface area contributed by atoms with E-state index in [1.807, 2.05) is 26.8 Å². The van der Waals surface area contributed by atoms with Crippen molar-refractivity contribution in [1.29, 1.82) is 0 Å². The van der Waals surface area contributed by atoms with Crippen molar-refractivity contribution in [3.05, 3.63) is 23.3 Å². The quantitative estimate of drug-likeness (QED) is 0.694. The Labute approximate surface area is 191 Å². The van der Waals surface area contributed by atoms with E-state index in [2.05, 4.69) is 22.9 Å². The van der Waals surface area contributed by atoms with Crippen LogP contribution in [-0.2, 0) is 16.0 Å². The summed E-state index contributed by atoms with van der Waals surface area (Å²) in [5, 5.41) is 0. The second-order valence-electron chi connectivity index (χ2n) is 9.69. The molecule has 3 rings (SSSR count). The number of benzene rings is 1. The molecule has 8 nitrogen and oxygen atoms in total. The monoisotopic (exact) mass is 446 g/mol. The van der Waals surface area contributed by atoms with Gasteiger partial charge in [-0.2, -0.15) is 0 Å². The SMILES string of the molecule is COC(=O)c1cc(N2CCN(C(=O)OC(C)(C)C)CC2)cc(N(C)C2CCCC2)c1CN. The van der Waals surface area contributed by atoms with Crippen molar-refractivity contribution in [2.45, 2.75) is 64.6 Å². The van der Waals surface area contributed by atoms with Gasteiger partial charge >= 0.3 is 12.1 Å². The molecule has 2 aliphatic rings. The van der Waals surface area contributed by atoms with Crippen LogP contribution >= 0.6 is 0 Å². The minimum atomic E-state index is -0.512. The number of rotatable bonds is 5. The number of methoxy groups -OCH3 is 1.